The zero-order valence-electron chi connectivity index (χ0n) is 14.4. The number of carbonyl (C=O) groups excluding carboxylic acids is 3. The minimum Gasteiger partial charge on any atom is -0.325 e. The third kappa shape index (κ3) is 4.58. The second-order valence-electron chi connectivity index (χ2n) is 5.73. The van der Waals surface area contributed by atoms with Crippen LogP contribution in [0.5, 0.6) is 0 Å². The van der Waals surface area contributed by atoms with Crippen LogP contribution in [0.2, 0.25) is 10.0 Å². The van der Waals surface area contributed by atoms with Crippen LogP contribution in [0.15, 0.2) is 47.4 Å². The van der Waals surface area contributed by atoms with Gasteiger partial charge in [0.15, 0.2) is 0 Å². The highest BCUT2D eigenvalue weighted by Crippen LogP contribution is 2.38. The van der Waals surface area contributed by atoms with Gasteiger partial charge in [-0.2, -0.15) is 0 Å². The van der Waals surface area contributed by atoms with E-state index in [1.165, 1.54) is 12.1 Å². The van der Waals surface area contributed by atoms with Crippen LogP contribution in [0.3, 0.4) is 0 Å². The minimum atomic E-state index is -0.721. The van der Waals surface area contributed by atoms with Gasteiger partial charge in [0.2, 0.25) is 5.91 Å². The van der Waals surface area contributed by atoms with Gasteiger partial charge in [0.1, 0.15) is 11.6 Å². The fraction of sp³-hybridized carbons (Fsp3) is 0.0556. The lowest BCUT2D eigenvalue weighted by Crippen LogP contribution is -2.36. The molecule has 0 unspecified atom stereocenters. The van der Waals surface area contributed by atoms with Crippen molar-refractivity contribution in [2.75, 3.05) is 11.9 Å². The molecule has 3 amide bonds. The number of anilines is 1. The van der Waals surface area contributed by atoms with Crippen molar-refractivity contribution in [3.8, 4) is 0 Å². The number of nitro groups is 1. The van der Waals surface area contributed by atoms with E-state index >= 15 is 0 Å². The minimum absolute atomic E-state index is 0.0433. The van der Waals surface area contributed by atoms with Crippen LogP contribution in [-0.4, -0.2) is 33.4 Å². The predicted octanol–water partition coefficient (Wildman–Crippen LogP) is 4.58. The van der Waals surface area contributed by atoms with Crippen molar-refractivity contribution in [2.45, 2.75) is 0 Å². The molecule has 1 aliphatic heterocycles. The third-order valence-corrected chi connectivity index (χ3v) is 5.45. The summed E-state index contributed by atoms with van der Waals surface area (Å²) >= 11 is 12.7. The van der Waals surface area contributed by atoms with E-state index in [0.29, 0.717) is 17.4 Å². The van der Waals surface area contributed by atoms with E-state index in [-0.39, 0.29) is 26.2 Å². The molecule has 0 saturated carbocycles. The number of nitrogens with one attached hydrogen (secondary N) is 1. The number of para-hydroxylation sites is 1. The largest absolute Gasteiger partial charge is 0.325 e. The summed E-state index contributed by atoms with van der Waals surface area (Å²) in [5, 5.41) is 12.8. The zero-order valence-corrected chi connectivity index (χ0v) is 16.8. The molecule has 0 aromatic heterocycles. The fourth-order valence-corrected chi connectivity index (χ4v) is 3.83. The van der Waals surface area contributed by atoms with E-state index in [4.69, 9.17) is 23.2 Å². The Morgan fingerprint density at radius 2 is 1.86 bits per heavy atom. The maximum atomic E-state index is 12.6. The summed E-state index contributed by atoms with van der Waals surface area (Å²) in [6, 6.07) is 11.0. The number of hydrogen-bond acceptors (Lipinski definition) is 6. The summed E-state index contributed by atoms with van der Waals surface area (Å²) in [4.78, 5) is 48.0. The highest BCUT2D eigenvalue weighted by atomic mass is 35.5. The van der Waals surface area contributed by atoms with Crippen LogP contribution in [0.25, 0.3) is 6.08 Å². The molecule has 29 heavy (non-hydrogen) atoms. The van der Waals surface area contributed by atoms with Gasteiger partial charge in [-0.25, -0.2) is 0 Å². The second-order valence-corrected chi connectivity index (χ2v) is 7.51. The van der Waals surface area contributed by atoms with Crippen molar-refractivity contribution in [2.24, 2.45) is 0 Å². The molecular formula is C18H11Cl2N3O5S. The number of benzene rings is 2. The molecule has 2 aromatic carbocycles. The summed E-state index contributed by atoms with van der Waals surface area (Å²) in [7, 11) is 0. The normalized spacial score (nSPS) is 15.1. The Kier molecular flexibility index (Phi) is 6.21. The number of imide groups is 1. The molecule has 2 aromatic rings. The number of carbonyl (C=O) groups is 3. The first kappa shape index (κ1) is 20.8. The Labute approximate surface area is 178 Å². The Morgan fingerprint density at radius 1 is 1.17 bits per heavy atom. The van der Waals surface area contributed by atoms with Gasteiger partial charge in [-0.05, 0) is 36.0 Å². The number of halogens is 2. The van der Waals surface area contributed by atoms with Crippen molar-refractivity contribution >= 4 is 69.5 Å². The smallest absolute Gasteiger partial charge is 0.294 e. The topological polar surface area (TPSA) is 110 Å². The zero-order chi connectivity index (χ0) is 21.1. The maximum Gasteiger partial charge on any atom is 0.294 e. The Balaban J connectivity index is 1.81. The molecule has 0 radical (unpaired) electrons. The number of amides is 3. The van der Waals surface area contributed by atoms with Gasteiger partial charge in [0.05, 0.1) is 9.83 Å². The molecule has 1 saturated heterocycles. The average Bonchev–Trinajstić information content (AvgIpc) is 2.93. The van der Waals surface area contributed by atoms with Crippen molar-refractivity contribution in [3.05, 3.63) is 73.1 Å². The van der Waals surface area contributed by atoms with Gasteiger partial charge in [-0.1, -0.05) is 41.4 Å². The standard InChI is InChI=1S/C18H11Cl2N3O5S/c19-12-6-7-13(23(27)28)16(20)11(12)8-14-17(25)22(18(26)29-14)9-15(24)21-10-4-2-1-3-5-10/h1-8H,9H2,(H,21,24)/b14-8-. The summed E-state index contributed by atoms with van der Waals surface area (Å²) < 4.78 is 0. The monoisotopic (exact) mass is 451 g/mol. The number of hydrogen-bond donors (Lipinski definition) is 1. The average molecular weight is 452 g/mol. The van der Waals surface area contributed by atoms with Crippen molar-refractivity contribution in [3.63, 3.8) is 0 Å². The molecule has 8 nitrogen and oxygen atoms in total. The first-order valence-corrected chi connectivity index (χ1v) is 9.58. The molecule has 1 N–H and O–H groups in total. The van der Waals surface area contributed by atoms with Gasteiger partial charge in [-0.15, -0.1) is 0 Å². The molecule has 0 atom stereocenters. The Bertz CT molecular complexity index is 1060. The molecule has 11 heteroatoms. The van der Waals surface area contributed by atoms with E-state index in [1.807, 2.05) is 0 Å². The molecule has 0 bridgehead atoms. The SMILES string of the molecule is O=C(CN1C(=O)S/C(=C\c2c(Cl)ccc([N+](=O)[O-])c2Cl)C1=O)Nc1ccccc1. The molecule has 1 aliphatic rings. The predicted molar refractivity (Wildman–Crippen MR) is 111 cm³/mol. The van der Waals surface area contributed by atoms with Crippen molar-refractivity contribution in [1.82, 2.24) is 4.90 Å². The Morgan fingerprint density at radius 3 is 2.52 bits per heavy atom. The first-order valence-electron chi connectivity index (χ1n) is 8.00. The molecule has 0 spiro atoms. The number of thioether (sulfide) groups is 1. The maximum absolute atomic E-state index is 12.6. The van der Waals surface area contributed by atoms with Gasteiger partial charge in [0.25, 0.3) is 16.8 Å². The molecule has 1 fully saturated rings. The third-order valence-electron chi connectivity index (χ3n) is 3.81. The first-order chi connectivity index (χ1) is 13.8. The van der Waals surface area contributed by atoms with Gasteiger partial charge < -0.3 is 5.32 Å². The fourth-order valence-electron chi connectivity index (χ4n) is 2.46. The lowest BCUT2D eigenvalue weighted by atomic mass is 10.1. The molecule has 0 aliphatic carbocycles. The summed E-state index contributed by atoms with van der Waals surface area (Å²) in [5.41, 5.74) is 0.181. The number of nitro benzene ring substituents is 1. The number of rotatable bonds is 5. The quantitative estimate of drug-likeness (QED) is 0.404. The summed E-state index contributed by atoms with van der Waals surface area (Å²) in [5.74, 6) is -1.27. The van der Waals surface area contributed by atoms with Crippen LogP contribution >= 0.6 is 35.0 Å². The summed E-state index contributed by atoms with van der Waals surface area (Å²) in [6.07, 6.45) is 1.21. The van der Waals surface area contributed by atoms with E-state index in [9.17, 15) is 24.5 Å². The van der Waals surface area contributed by atoms with Gasteiger partial charge in [0, 0.05) is 22.3 Å². The van der Waals surface area contributed by atoms with Gasteiger partial charge in [-0.3, -0.25) is 29.4 Å². The summed E-state index contributed by atoms with van der Waals surface area (Å²) in [6.45, 7) is -0.479. The van der Waals surface area contributed by atoms with E-state index in [1.54, 1.807) is 30.3 Å². The van der Waals surface area contributed by atoms with Crippen LogP contribution in [0, 0.1) is 10.1 Å². The molecule has 148 valence electrons. The van der Waals surface area contributed by atoms with E-state index < -0.39 is 28.5 Å². The van der Waals surface area contributed by atoms with Gasteiger partial charge >= 0.3 is 0 Å². The van der Waals surface area contributed by atoms with Crippen molar-refractivity contribution in [1.29, 1.82) is 0 Å². The molecular weight excluding hydrogens is 441 g/mol. The van der Waals surface area contributed by atoms with E-state index in [0.717, 1.165) is 11.0 Å². The van der Waals surface area contributed by atoms with Crippen molar-refractivity contribution < 1.29 is 19.3 Å². The van der Waals surface area contributed by atoms with Crippen LogP contribution in [0.1, 0.15) is 5.56 Å². The molecule has 3 rings (SSSR count). The van der Waals surface area contributed by atoms with Crippen LogP contribution < -0.4 is 5.32 Å². The lowest BCUT2D eigenvalue weighted by Gasteiger charge is -2.12. The van der Waals surface area contributed by atoms with Crippen LogP contribution in [0.4, 0.5) is 16.2 Å². The number of nitrogens with zero attached hydrogens (tertiary/aromatic N) is 2. The lowest BCUT2D eigenvalue weighted by molar-refractivity contribution is -0.384. The van der Waals surface area contributed by atoms with Crippen LogP contribution in [-0.2, 0) is 9.59 Å². The highest BCUT2D eigenvalue weighted by Gasteiger charge is 2.36. The van der Waals surface area contributed by atoms with E-state index in [2.05, 4.69) is 5.32 Å². The highest BCUT2D eigenvalue weighted by molar-refractivity contribution is 8.18. The Hall–Kier alpha value is -2.88. The second kappa shape index (κ2) is 8.64. The molecule has 1 heterocycles.